The van der Waals surface area contributed by atoms with Gasteiger partial charge in [0.2, 0.25) is 0 Å². The fourth-order valence-electron chi connectivity index (χ4n) is 2.06. The molecule has 0 aromatic heterocycles. The first-order valence-corrected chi connectivity index (χ1v) is 7.32. The van der Waals surface area contributed by atoms with Crippen LogP contribution in [-0.2, 0) is 4.79 Å². The number of nitro benzene ring substituents is 1. The monoisotopic (exact) mass is 324 g/mol. The lowest BCUT2D eigenvalue weighted by molar-refractivity contribution is -0.385. The van der Waals surface area contributed by atoms with E-state index in [9.17, 15) is 19.7 Å². The minimum atomic E-state index is -0.982. The summed E-state index contributed by atoms with van der Waals surface area (Å²) in [7, 11) is 0. The molecule has 8 heteroatoms. The molecule has 0 aliphatic heterocycles. The summed E-state index contributed by atoms with van der Waals surface area (Å²) in [6.07, 6.45) is 1.13. The number of nitrogens with zero attached hydrogens (tertiary/aromatic N) is 1. The van der Waals surface area contributed by atoms with Crippen molar-refractivity contribution in [2.45, 2.75) is 26.7 Å². The summed E-state index contributed by atoms with van der Waals surface area (Å²) < 4.78 is 5.14. The van der Waals surface area contributed by atoms with Crippen LogP contribution >= 0.6 is 0 Å². The molecule has 0 fully saturated rings. The van der Waals surface area contributed by atoms with E-state index >= 15 is 0 Å². The molecule has 8 nitrogen and oxygen atoms in total. The molecule has 0 bridgehead atoms. The summed E-state index contributed by atoms with van der Waals surface area (Å²) in [5.41, 5.74) is -0.219. The van der Waals surface area contributed by atoms with E-state index in [4.69, 9.17) is 9.84 Å². The Morgan fingerprint density at radius 2 is 2.09 bits per heavy atom. The first-order chi connectivity index (χ1) is 10.9. The molecule has 0 saturated carbocycles. The van der Waals surface area contributed by atoms with Crippen molar-refractivity contribution in [2.24, 2.45) is 5.92 Å². The van der Waals surface area contributed by atoms with E-state index in [0.29, 0.717) is 12.8 Å². The van der Waals surface area contributed by atoms with Crippen LogP contribution in [0.5, 0.6) is 5.75 Å². The first-order valence-electron chi connectivity index (χ1n) is 7.32. The average Bonchev–Trinajstić information content (AvgIpc) is 2.51. The molecule has 1 atom stereocenters. The predicted octanol–water partition coefficient (Wildman–Crippen LogP) is 2.22. The van der Waals surface area contributed by atoms with Gasteiger partial charge in [-0.2, -0.15) is 0 Å². The van der Waals surface area contributed by atoms with E-state index < -0.39 is 22.7 Å². The van der Waals surface area contributed by atoms with Crippen LogP contribution < -0.4 is 10.1 Å². The minimum absolute atomic E-state index is 0.0248. The van der Waals surface area contributed by atoms with Crippen LogP contribution in [0.2, 0.25) is 0 Å². The molecule has 0 heterocycles. The molecule has 0 aliphatic carbocycles. The maximum Gasteiger partial charge on any atom is 0.311 e. The summed E-state index contributed by atoms with van der Waals surface area (Å²) in [5, 5.41) is 22.6. The van der Waals surface area contributed by atoms with Gasteiger partial charge in [-0.3, -0.25) is 19.7 Å². The SMILES string of the molecule is CCCC(CNC(=O)c1ccc(OCC)c([N+](=O)[O-])c1)C(=O)O. The number of carbonyl (C=O) groups is 2. The Balaban J connectivity index is 2.85. The standard InChI is InChI=1S/C15H20N2O6/c1-3-5-11(15(19)20)9-16-14(18)10-6-7-13(23-4-2)12(8-10)17(21)22/h6-8,11H,3-5,9H2,1-2H3,(H,16,18)(H,19,20). The molecule has 1 aromatic carbocycles. The minimum Gasteiger partial charge on any atom is -0.487 e. The van der Waals surface area contributed by atoms with E-state index in [1.54, 1.807) is 6.92 Å². The lowest BCUT2D eigenvalue weighted by Crippen LogP contribution is -2.32. The van der Waals surface area contributed by atoms with E-state index in [1.807, 2.05) is 6.92 Å². The highest BCUT2D eigenvalue weighted by Crippen LogP contribution is 2.27. The van der Waals surface area contributed by atoms with E-state index in [0.717, 1.165) is 6.07 Å². The summed E-state index contributed by atoms with van der Waals surface area (Å²) in [4.78, 5) is 33.5. The number of carbonyl (C=O) groups excluding carboxylic acids is 1. The Hall–Kier alpha value is -2.64. The van der Waals surface area contributed by atoms with Crippen LogP contribution in [0, 0.1) is 16.0 Å². The number of rotatable bonds is 9. The van der Waals surface area contributed by atoms with Crippen molar-refractivity contribution in [2.75, 3.05) is 13.2 Å². The van der Waals surface area contributed by atoms with Crippen molar-refractivity contribution in [3.05, 3.63) is 33.9 Å². The molecule has 126 valence electrons. The molecule has 1 aromatic rings. The molecule has 0 spiro atoms. The number of hydrogen-bond acceptors (Lipinski definition) is 5. The molecule has 1 amide bonds. The molecule has 1 rings (SSSR count). The second-order valence-corrected chi connectivity index (χ2v) is 4.91. The van der Waals surface area contributed by atoms with Gasteiger partial charge < -0.3 is 15.2 Å². The smallest absolute Gasteiger partial charge is 0.311 e. The zero-order valence-electron chi connectivity index (χ0n) is 13.1. The zero-order chi connectivity index (χ0) is 17.4. The third-order valence-corrected chi connectivity index (χ3v) is 3.21. The molecule has 1 unspecified atom stereocenters. The number of aliphatic carboxylic acids is 1. The summed E-state index contributed by atoms with van der Waals surface area (Å²) in [6, 6.07) is 3.89. The van der Waals surface area contributed by atoms with Crippen molar-refractivity contribution in [3.63, 3.8) is 0 Å². The number of benzene rings is 1. The van der Waals surface area contributed by atoms with Gasteiger partial charge in [0.05, 0.1) is 17.4 Å². The summed E-state index contributed by atoms with van der Waals surface area (Å²) in [6.45, 7) is 3.80. The number of hydrogen-bond donors (Lipinski definition) is 2. The largest absolute Gasteiger partial charge is 0.487 e. The van der Waals surface area contributed by atoms with Crippen LogP contribution in [0.1, 0.15) is 37.0 Å². The van der Waals surface area contributed by atoms with E-state index in [-0.39, 0.29) is 30.2 Å². The second kappa shape index (κ2) is 8.72. The van der Waals surface area contributed by atoms with Gasteiger partial charge in [-0.1, -0.05) is 13.3 Å². The molecule has 0 saturated heterocycles. The summed E-state index contributed by atoms with van der Waals surface area (Å²) >= 11 is 0. The van der Waals surface area contributed by atoms with Crippen LogP contribution in [0.15, 0.2) is 18.2 Å². The van der Waals surface area contributed by atoms with Crippen molar-refractivity contribution in [1.29, 1.82) is 0 Å². The van der Waals surface area contributed by atoms with Crippen molar-refractivity contribution in [1.82, 2.24) is 5.32 Å². The van der Waals surface area contributed by atoms with Crippen LogP contribution in [0.3, 0.4) is 0 Å². The number of nitro groups is 1. The third-order valence-electron chi connectivity index (χ3n) is 3.21. The Bertz CT molecular complexity index is 587. The maximum atomic E-state index is 12.1. The highest BCUT2D eigenvalue weighted by Gasteiger charge is 2.21. The van der Waals surface area contributed by atoms with Gasteiger partial charge in [0.1, 0.15) is 0 Å². The van der Waals surface area contributed by atoms with E-state index in [1.165, 1.54) is 12.1 Å². The van der Waals surface area contributed by atoms with Gasteiger partial charge in [0.25, 0.3) is 5.91 Å². The topological polar surface area (TPSA) is 119 Å². The first kappa shape index (κ1) is 18.4. The number of carboxylic acid groups (broad SMARTS) is 1. The Morgan fingerprint density at radius 1 is 1.39 bits per heavy atom. The average molecular weight is 324 g/mol. The lowest BCUT2D eigenvalue weighted by atomic mass is 10.0. The highest BCUT2D eigenvalue weighted by molar-refractivity contribution is 5.95. The molecule has 2 N–H and O–H groups in total. The molecule has 0 aliphatic rings. The Kier molecular flexibility index (Phi) is 6.98. The highest BCUT2D eigenvalue weighted by atomic mass is 16.6. The number of amides is 1. The number of ether oxygens (including phenoxy) is 1. The van der Waals surface area contributed by atoms with Gasteiger partial charge in [0.15, 0.2) is 5.75 Å². The second-order valence-electron chi connectivity index (χ2n) is 4.91. The van der Waals surface area contributed by atoms with Crippen molar-refractivity contribution >= 4 is 17.6 Å². The van der Waals surface area contributed by atoms with Crippen molar-refractivity contribution in [3.8, 4) is 5.75 Å². The Labute approximate surface area is 133 Å². The fourth-order valence-corrected chi connectivity index (χ4v) is 2.06. The molecular formula is C15H20N2O6. The fraction of sp³-hybridized carbons (Fsp3) is 0.467. The lowest BCUT2D eigenvalue weighted by Gasteiger charge is -2.12. The third kappa shape index (κ3) is 5.24. The molecule has 0 radical (unpaired) electrons. The molecule has 23 heavy (non-hydrogen) atoms. The number of nitrogens with one attached hydrogen (secondary N) is 1. The van der Waals surface area contributed by atoms with Crippen LogP contribution in [0.4, 0.5) is 5.69 Å². The van der Waals surface area contributed by atoms with E-state index in [2.05, 4.69) is 5.32 Å². The van der Waals surface area contributed by atoms with Crippen molar-refractivity contribution < 1.29 is 24.4 Å². The van der Waals surface area contributed by atoms with Crippen LogP contribution in [0.25, 0.3) is 0 Å². The number of carboxylic acids is 1. The quantitative estimate of drug-likeness (QED) is 0.531. The maximum absolute atomic E-state index is 12.1. The molecular weight excluding hydrogens is 304 g/mol. The zero-order valence-corrected chi connectivity index (χ0v) is 13.1. The van der Waals surface area contributed by atoms with Gasteiger partial charge in [-0.25, -0.2) is 0 Å². The van der Waals surface area contributed by atoms with Gasteiger partial charge in [-0.15, -0.1) is 0 Å². The van der Waals surface area contributed by atoms with Gasteiger partial charge in [-0.05, 0) is 25.5 Å². The Morgan fingerprint density at radius 3 is 2.61 bits per heavy atom. The van der Waals surface area contributed by atoms with Gasteiger partial charge >= 0.3 is 11.7 Å². The predicted molar refractivity (Wildman–Crippen MR) is 82.6 cm³/mol. The van der Waals surface area contributed by atoms with Crippen LogP contribution in [-0.4, -0.2) is 35.1 Å². The normalized spacial score (nSPS) is 11.6. The van der Waals surface area contributed by atoms with Gasteiger partial charge in [0, 0.05) is 18.2 Å². The summed E-state index contributed by atoms with van der Waals surface area (Å²) in [5.74, 6) is -2.13.